The summed E-state index contributed by atoms with van der Waals surface area (Å²) < 4.78 is 33.0. The van der Waals surface area contributed by atoms with Gasteiger partial charge in [0.1, 0.15) is 17.3 Å². The molecule has 3 atom stereocenters. The summed E-state index contributed by atoms with van der Waals surface area (Å²) in [5.74, 6) is -0.0385. The van der Waals surface area contributed by atoms with Crippen molar-refractivity contribution < 1.29 is 13.5 Å². The van der Waals surface area contributed by atoms with Gasteiger partial charge in [-0.25, -0.2) is 8.78 Å². The molecule has 174 valence electrons. The molecule has 0 fully saturated rings. The summed E-state index contributed by atoms with van der Waals surface area (Å²) in [4.78, 5) is 11.0. The number of ether oxygens (including phenoxy) is 1. The van der Waals surface area contributed by atoms with Crippen LogP contribution in [-0.2, 0) is 11.3 Å². The lowest BCUT2D eigenvalue weighted by Crippen LogP contribution is -2.27. The Bertz CT molecular complexity index is 1240. The topological polar surface area (TPSA) is 38.2 Å². The maximum absolute atomic E-state index is 14.0. The van der Waals surface area contributed by atoms with Gasteiger partial charge < -0.3 is 9.64 Å². The van der Waals surface area contributed by atoms with Crippen molar-refractivity contribution in [3.63, 3.8) is 0 Å². The first-order valence-corrected chi connectivity index (χ1v) is 11.1. The predicted octanol–water partition coefficient (Wildman–Crippen LogP) is 6.81. The summed E-state index contributed by atoms with van der Waals surface area (Å²) in [7, 11) is 0. The maximum Gasteiger partial charge on any atom is 0.154 e. The molecule has 3 aromatic rings. The molecule has 0 amide bonds. The standard InChI is InChI=1S/C28H27F2N3O/c1-17(22-7-6-8-25(30)13-22)28(27-15-31-11-12-32-27)33-16-24-10-9-23(14-26(24)19(33)3)21(5)34-20(4)18(2)29/h6-15,17-18,28H,3-5,16H2,1-2H3/t17-,18?,28-/m0/s1. The molecule has 0 bridgehead atoms. The lowest BCUT2D eigenvalue weighted by atomic mass is 9.90. The van der Waals surface area contributed by atoms with Crippen molar-refractivity contribution in [3.8, 4) is 0 Å². The molecule has 0 saturated heterocycles. The Morgan fingerprint density at radius 1 is 1.12 bits per heavy atom. The average Bonchev–Trinajstić information content (AvgIpc) is 3.15. The molecule has 4 nitrogen and oxygen atoms in total. The van der Waals surface area contributed by atoms with E-state index in [1.807, 2.05) is 24.3 Å². The van der Waals surface area contributed by atoms with Gasteiger partial charge in [0, 0.05) is 41.7 Å². The molecule has 0 aliphatic carbocycles. The number of benzene rings is 2. The monoisotopic (exact) mass is 459 g/mol. The molecular weight excluding hydrogens is 432 g/mol. The fourth-order valence-corrected chi connectivity index (χ4v) is 4.28. The van der Waals surface area contributed by atoms with Crippen molar-refractivity contribution >= 4 is 11.5 Å². The molecular formula is C28H27F2N3O. The minimum atomic E-state index is -1.30. The lowest BCUT2D eigenvalue weighted by molar-refractivity contribution is 0.264. The van der Waals surface area contributed by atoms with Crippen molar-refractivity contribution in [1.29, 1.82) is 0 Å². The predicted molar refractivity (Wildman–Crippen MR) is 130 cm³/mol. The van der Waals surface area contributed by atoms with Crippen molar-refractivity contribution in [2.45, 2.75) is 38.5 Å². The first kappa shape index (κ1) is 23.4. The van der Waals surface area contributed by atoms with Crippen LogP contribution in [0.1, 0.15) is 53.8 Å². The van der Waals surface area contributed by atoms with Gasteiger partial charge in [0.15, 0.2) is 6.17 Å². The molecule has 1 unspecified atom stereocenters. The quantitative estimate of drug-likeness (QED) is 0.347. The highest BCUT2D eigenvalue weighted by Crippen LogP contribution is 2.44. The highest BCUT2D eigenvalue weighted by Gasteiger charge is 2.35. The molecule has 0 saturated carbocycles. The van der Waals surface area contributed by atoms with Crippen LogP contribution in [0, 0.1) is 5.82 Å². The summed E-state index contributed by atoms with van der Waals surface area (Å²) in [6.07, 6.45) is 3.73. The zero-order valence-corrected chi connectivity index (χ0v) is 19.3. The van der Waals surface area contributed by atoms with Crippen LogP contribution in [0.3, 0.4) is 0 Å². The largest absolute Gasteiger partial charge is 0.459 e. The van der Waals surface area contributed by atoms with E-state index in [9.17, 15) is 8.78 Å². The minimum absolute atomic E-state index is 0.0117. The van der Waals surface area contributed by atoms with Crippen LogP contribution in [0.25, 0.3) is 11.5 Å². The van der Waals surface area contributed by atoms with Crippen molar-refractivity contribution in [3.05, 3.63) is 120 Å². The highest BCUT2D eigenvalue weighted by atomic mass is 19.1. The van der Waals surface area contributed by atoms with E-state index < -0.39 is 6.17 Å². The highest BCUT2D eigenvalue weighted by molar-refractivity contribution is 5.73. The molecule has 34 heavy (non-hydrogen) atoms. The number of nitrogens with zero attached hydrogens (tertiary/aromatic N) is 3. The van der Waals surface area contributed by atoms with Gasteiger partial charge >= 0.3 is 0 Å². The molecule has 4 rings (SSSR count). The number of hydrogen-bond donors (Lipinski definition) is 0. The van der Waals surface area contributed by atoms with Gasteiger partial charge in [0.2, 0.25) is 0 Å². The Balaban J connectivity index is 1.67. The maximum atomic E-state index is 14.0. The van der Waals surface area contributed by atoms with Crippen LogP contribution in [0.4, 0.5) is 8.78 Å². The molecule has 2 aromatic carbocycles. The fraction of sp³-hybridized carbons (Fsp3) is 0.214. The molecule has 6 heteroatoms. The van der Waals surface area contributed by atoms with Crippen LogP contribution in [0.5, 0.6) is 0 Å². The zero-order valence-electron chi connectivity index (χ0n) is 19.3. The van der Waals surface area contributed by atoms with E-state index in [0.717, 1.165) is 33.6 Å². The molecule has 1 aliphatic rings. The Morgan fingerprint density at radius 2 is 1.91 bits per heavy atom. The van der Waals surface area contributed by atoms with Gasteiger partial charge in [-0.05, 0) is 36.2 Å². The molecule has 0 spiro atoms. The van der Waals surface area contributed by atoms with E-state index in [1.165, 1.54) is 13.0 Å². The van der Waals surface area contributed by atoms with Crippen LogP contribution in [-0.4, -0.2) is 21.0 Å². The summed E-state index contributed by atoms with van der Waals surface area (Å²) in [5.41, 5.74) is 5.19. The third-order valence-corrected chi connectivity index (χ3v) is 6.20. The number of hydrogen-bond acceptors (Lipinski definition) is 4. The van der Waals surface area contributed by atoms with Gasteiger partial charge in [-0.1, -0.05) is 50.9 Å². The second-order valence-electron chi connectivity index (χ2n) is 8.47. The fourth-order valence-electron chi connectivity index (χ4n) is 4.28. The molecule has 1 aromatic heterocycles. The first-order valence-electron chi connectivity index (χ1n) is 11.1. The molecule has 0 N–H and O–H groups in total. The van der Waals surface area contributed by atoms with E-state index in [0.29, 0.717) is 12.3 Å². The summed E-state index contributed by atoms with van der Waals surface area (Å²) >= 11 is 0. The van der Waals surface area contributed by atoms with Crippen molar-refractivity contribution in [2.75, 3.05) is 0 Å². The second kappa shape index (κ2) is 9.59. The first-order chi connectivity index (χ1) is 16.3. The van der Waals surface area contributed by atoms with Gasteiger partial charge in [0.25, 0.3) is 0 Å². The summed E-state index contributed by atoms with van der Waals surface area (Å²) in [6.45, 7) is 15.9. The molecule has 2 heterocycles. The van der Waals surface area contributed by atoms with E-state index in [4.69, 9.17) is 4.74 Å². The van der Waals surface area contributed by atoms with Crippen LogP contribution < -0.4 is 0 Å². The Labute approximate surface area is 198 Å². The SMILES string of the molecule is C=C(OC(=C)C(C)F)c1ccc2c(c1)C(=C)N([C@H](c1cnccn1)[C@@H](C)c1cccc(F)c1)C2. The Hall–Kier alpha value is -3.80. The second-order valence-corrected chi connectivity index (χ2v) is 8.47. The Kier molecular flexibility index (Phi) is 6.59. The summed E-state index contributed by atoms with van der Waals surface area (Å²) in [5, 5.41) is 0. The number of rotatable bonds is 8. The Morgan fingerprint density at radius 3 is 2.59 bits per heavy atom. The average molecular weight is 460 g/mol. The number of aromatic nitrogens is 2. The van der Waals surface area contributed by atoms with E-state index >= 15 is 0 Å². The van der Waals surface area contributed by atoms with Gasteiger partial charge in [-0.15, -0.1) is 0 Å². The number of alkyl halides is 1. The lowest BCUT2D eigenvalue weighted by Gasteiger charge is -2.34. The van der Waals surface area contributed by atoms with E-state index in [-0.39, 0.29) is 23.5 Å². The third kappa shape index (κ3) is 4.62. The van der Waals surface area contributed by atoms with Gasteiger partial charge in [-0.3, -0.25) is 9.97 Å². The van der Waals surface area contributed by atoms with Crippen LogP contribution >= 0.6 is 0 Å². The zero-order chi connectivity index (χ0) is 24.4. The van der Waals surface area contributed by atoms with E-state index in [1.54, 1.807) is 30.7 Å². The van der Waals surface area contributed by atoms with E-state index in [2.05, 4.69) is 41.5 Å². The number of fused-ring (bicyclic) bond motifs is 1. The normalized spacial score (nSPS) is 15.4. The van der Waals surface area contributed by atoms with Gasteiger partial charge in [0.05, 0.1) is 17.9 Å². The number of halogens is 2. The van der Waals surface area contributed by atoms with Gasteiger partial charge in [-0.2, -0.15) is 0 Å². The number of allylic oxidation sites excluding steroid dienone is 1. The van der Waals surface area contributed by atoms with Crippen LogP contribution in [0.2, 0.25) is 0 Å². The smallest absolute Gasteiger partial charge is 0.154 e. The van der Waals surface area contributed by atoms with Crippen molar-refractivity contribution in [2.24, 2.45) is 0 Å². The molecule has 1 aliphatic heterocycles. The molecule has 0 radical (unpaired) electrons. The van der Waals surface area contributed by atoms with Crippen molar-refractivity contribution in [1.82, 2.24) is 14.9 Å². The third-order valence-electron chi connectivity index (χ3n) is 6.20. The van der Waals surface area contributed by atoms with Crippen LogP contribution in [0.15, 0.2) is 86.6 Å². The summed E-state index contributed by atoms with van der Waals surface area (Å²) in [6, 6.07) is 12.2. The minimum Gasteiger partial charge on any atom is -0.459 e.